The molecule has 0 saturated heterocycles. The first-order chi connectivity index (χ1) is 9.23. The Labute approximate surface area is 117 Å². The van der Waals surface area contributed by atoms with Gasteiger partial charge in [-0.3, -0.25) is 4.79 Å². The summed E-state index contributed by atoms with van der Waals surface area (Å²) in [7, 11) is 1.46. The van der Waals surface area contributed by atoms with Crippen LogP contribution in [0.2, 0.25) is 0 Å². The van der Waals surface area contributed by atoms with E-state index in [1.165, 1.54) is 7.11 Å². The number of ether oxygens (including phenoxy) is 1. The molecule has 0 spiro atoms. The summed E-state index contributed by atoms with van der Waals surface area (Å²) in [5, 5.41) is 4.26. The molecule has 0 aromatic carbocycles. The van der Waals surface area contributed by atoms with Crippen molar-refractivity contribution in [2.75, 3.05) is 19.4 Å². The average molecular weight is 283 g/mol. The molecule has 1 heterocycles. The second kappa shape index (κ2) is 6.43. The lowest BCUT2D eigenvalue weighted by Crippen LogP contribution is -2.57. The first-order valence-electron chi connectivity index (χ1n) is 6.68. The zero-order chi connectivity index (χ0) is 13.7. The Morgan fingerprint density at radius 2 is 2.47 bits per heavy atom. The Balaban J connectivity index is 2.08. The van der Waals surface area contributed by atoms with Crippen molar-refractivity contribution in [1.82, 2.24) is 15.3 Å². The summed E-state index contributed by atoms with van der Waals surface area (Å²) in [5.41, 5.74) is -0.567. The molecule has 19 heavy (non-hydrogen) atoms. The number of esters is 1. The molecule has 1 fully saturated rings. The van der Waals surface area contributed by atoms with Gasteiger partial charge in [0.15, 0.2) is 5.16 Å². The van der Waals surface area contributed by atoms with Gasteiger partial charge in [-0.05, 0) is 31.7 Å². The summed E-state index contributed by atoms with van der Waals surface area (Å²) < 4.78 is 5.04. The van der Waals surface area contributed by atoms with Crippen molar-refractivity contribution in [3.63, 3.8) is 0 Å². The zero-order valence-corrected chi connectivity index (χ0v) is 12.3. The molecule has 2 N–H and O–H groups in total. The van der Waals surface area contributed by atoms with Gasteiger partial charge in [0.2, 0.25) is 0 Å². The number of thioether (sulfide) groups is 1. The lowest BCUT2D eigenvalue weighted by Gasteiger charge is -2.31. The fourth-order valence-electron chi connectivity index (χ4n) is 2.23. The van der Waals surface area contributed by atoms with E-state index in [0.29, 0.717) is 11.7 Å². The van der Waals surface area contributed by atoms with Gasteiger partial charge in [-0.25, -0.2) is 4.98 Å². The van der Waals surface area contributed by atoms with E-state index >= 15 is 0 Å². The van der Waals surface area contributed by atoms with Gasteiger partial charge >= 0.3 is 5.97 Å². The minimum Gasteiger partial charge on any atom is -0.468 e. The average Bonchev–Trinajstić information content (AvgIpc) is 3.16. The lowest BCUT2D eigenvalue weighted by molar-refractivity contribution is -0.148. The van der Waals surface area contributed by atoms with Crippen LogP contribution in [0.3, 0.4) is 0 Å². The van der Waals surface area contributed by atoms with Gasteiger partial charge in [-0.2, -0.15) is 0 Å². The summed E-state index contributed by atoms with van der Waals surface area (Å²) in [6.45, 7) is 2.92. The van der Waals surface area contributed by atoms with Crippen molar-refractivity contribution in [2.24, 2.45) is 5.92 Å². The van der Waals surface area contributed by atoms with Crippen LogP contribution in [-0.4, -0.2) is 40.9 Å². The van der Waals surface area contributed by atoms with Crippen LogP contribution in [0.1, 0.15) is 26.2 Å². The number of hydrogen-bond donors (Lipinski definition) is 2. The topological polar surface area (TPSA) is 67.0 Å². The number of nitrogens with one attached hydrogen (secondary N) is 2. The van der Waals surface area contributed by atoms with Crippen LogP contribution in [0.25, 0.3) is 0 Å². The first-order valence-corrected chi connectivity index (χ1v) is 7.67. The van der Waals surface area contributed by atoms with E-state index in [1.807, 2.05) is 0 Å². The maximum atomic E-state index is 12.3. The SMILES string of the molecule is CCCNC(CSc1ncc[nH]1)(C(=O)OC)C1CC1. The third kappa shape index (κ3) is 3.30. The largest absolute Gasteiger partial charge is 0.468 e. The highest BCUT2D eigenvalue weighted by Gasteiger charge is 2.51. The summed E-state index contributed by atoms with van der Waals surface area (Å²) in [6.07, 6.45) is 6.68. The van der Waals surface area contributed by atoms with Crippen LogP contribution in [0.4, 0.5) is 0 Å². The number of hydrogen-bond acceptors (Lipinski definition) is 5. The zero-order valence-electron chi connectivity index (χ0n) is 11.4. The smallest absolute Gasteiger partial charge is 0.327 e. The third-order valence-electron chi connectivity index (χ3n) is 3.42. The molecule has 0 amide bonds. The van der Waals surface area contributed by atoms with Gasteiger partial charge in [0.1, 0.15) is 5.54 Å². The third-order valence-corrected chi connectivity index (χ3v) is 4.52. The summed E-state index contributed by atoms with van der Waals surface area (Å²) in [5.74, 6) is 0.883. The van der Waals surface area contributed by atoms with E-state index in [4.69, 9.17) is 4.74 Å². The molecule has 1 aromatic rings. The van der Waals surface area contributed by atoms with Crippen LogP contribution in [-0.2, 0) is 9.53 Å². The van der Waals surface area contributed by atoms with E-state index in [1.54, 1.807) is 24.2 Å². The molecule has 1 saturated carbocycles. The Morgan fingerprint density at radius 3 is 3.00 bits per heavy atom. The van der Waals surface area contributed by atoms with Crippen molar-refractivity contribution in [3.05, 3.63) is 12.4 Å². The minimum absolute atomic E-state index is 0.150. The maximum Gasteiger partial charge on any atom is 0.327 e. The predicted molar refractivity (Wildman–Crippen MR) is 75.1 cm³/mol. The Hall–Kier alpha value is -1.01. The molecule has 0 radical (unpaired) electrons. The van der Waals surface area contributed by atoms with Gasteiger partial charge < -0.3 is 15.0 Å². The maximum absolute atomic E-state index is 12.3. The number of nitrogens with zero attached hydrogens (tertiary/aromatic N) is 1. The molecule has 106 valence electrons. The number of rotatable bonds is 8. The van der Waals surface area contributed by atoms with Crippen molar-refractivity contribution in [1.29, 1.82) is 0 Å². The second-order valence-corrected chi connectivity index (χ2v) is 5.81. The van der Waals surface area contributed by atoms with Gasteiger partial charge in [-0.1, -0.05) is 18.7 Å². The van der Waals surface area contributed by atoms with E-state index in [2.05, 4.69) is 22.2 Å². The van der Waals surface area contributed by atoms with E-state index in [-0.39, 0.29) is 5.97 Å². The molecule has 1 unspecified atom stereocenters. The van der Waals surface area contributed by atoms with Gasteiger partial charge in [0, 0.05) is 18.1 Å². The molecule has 0 aliphatic heterocycles. The van der Waals surface area contributed by atoms with E-state index in [9.17, 15) is 4.79 Å². The van der Waals surface area contributed by atoms with E-state index in [0.717, 1.165) is 31.0 Å². The highest BCUT2D eigenvalue weighted by Crippen LogP contribution is 2.42. The molecule has 1 atom stereocenters. The number of H-pyrrole nitrogens is 1. The molecule has 6 heteroatoms. The molecular weight excluding hydrogens is 262 g/mol. The highest BCUT2D eigenvalue weighted by atomic mass is 32.2. The standard InChI is InChI=1S/C13H21N3O2S/c1-3-6-16-13(10-4-5-10,11(17)18-2)9-19-12-14-7-8-15-12/h7-8,10,16H,3-6,9H2,1-2H3,(H,14,15). The molecular formula is C13H21N3O2S. The number of methoxy groups -OCH3 is 1. The van der Waals surface area contributed by atoms with Crippen molar-refractivity contribution in [2.45, 2.75) is 36.9 Å². The first kappa shape index (κ1) is 14.4. The van der Waals surface area contributed by atoms with Gasteiger partial charge in [0.05, 0.1) is 7.11 Å². The quantitative estimate of drug-likeness (QED) is 0.563. The number of aromatic amines is 1. The molecule has 5 nitrogen and oxygen atoms in total. The van der Waals surface area contributed by atoms with Crippen molar-refractivity contribution < 1.29 is 9.53 Å². The van der Waals surface area contributed by atoms with Crippen molar-refractivity contribution in [3.8, 4) is 0 Å². The lowest BCUT2D eigenvalue weighted by atomic mass is 9.95. The highest BCUT2D eigenvalue weighted by molar-refractivity contribution is 7.99. The van der Waals surface area contributed by atoms with Crippen LogP contribution in [0.5, 0.6) is 0 Å². The Bertz CT molecular complexity index is 406. The normalized spacial score (nSPS) is 18.0. The molecule has 2 rings (SSSR count). The predicted octanol–water partition coefficient (Wildman–Crippen LogP) is 1.82. The molecule has 1 aliphatic carbocycles. The Kier molecular flexibility index (Phi) is 4.87. The number of carbonyl (C=O) groups excluding carboxylic acids is 1. The second-order valence-electron chi connectivity index (χ2n) is 4.85. The van der Waals surface area contributed by atoms with Crippen LogP contribution in [0, 0.1) is 5.92 Å². The fraction of sp³-hybridized carbons (Fsp3) is 0.692. The molecule has 1 aromatic heterocycles. The van der Waals surface area contributed by atoms with Gasteiger partial charge in [0.25, 0.3) is 0 Å². The van der Waals surface area contributed by atoms with Crippen LogP contribution in [0.15, 0.2) is 17.6 Å². The molecule has 0 bridgehead atoms. The number of carbonyl (C=O) groups is 1. The number of aromatic nitrogens is 2. The summed E-state index contributed by atoms with van der Waals surface area (Å²) >= 11 is 1.57. The van der Waals surface area contributed by atoms with Crippen molar-refractivity contribution >= 4 is 17.7 Å². The summed E-state index contributed by atoms with van der Waals surface area (Å²) in [4.78, 5) is 19.5. The van der Waals surface area contributed by atoms with Gasteiger partial charge in [-0.15, -0.1) is 0 Å². The van der Waals surface area contributed by atoms with Crippen LogP contribution < -0.4 is 5.32 Å². The van der Waals surface area contributed by atoms with E-state index < -0.39 is 5.54 Å². The fourth-order valence-corrected chi connectivity index (χ4v) is 3.34. The molecule has 1 aliphatic rings. The summed E-state index contributed by atoms with van der Waals surface area (Å²) in [6, 6.07) is 0. The number of imidazole rings is 1. The monoisotopic (exact) mass is 283 g/mol. The Morgan fingerprint density at radius 1 is 1.68 bits per heavy atom. The van der Waals surface area contributed by atoms with Crippen LogP contribution >= 0.6 is 11.8 Å². The minimum atomic E-state index is -0.567.